The molecule has 9 heteroatoms. The van der Waals surface area contributed by atoms with Gasteiger partial charge in [0.15, 0.2) is 15.8 Å². The van der Waals surface area contributed by atoms with E-state index in [4.69, 9.17) is 4.74 Å². The summed E-state index contributed by atoms with van der Waals surface area (Å²) < 4.78 is 44.1. The first-order chi connectivity index (χ1) is 14.0. The zero-order valence-corrected chi connectivity index (χ0v) is 20.0. The Morgan fingerprint density at radius 1 is 1.17 bits per heavy atom. The number of nitrogens with zero attached hydrogens (tertiary/aromatic N) is 1. The highest BCUT2D eigenvalue weighted by Gasteiger charge is 2.18. The van der Waals surface area contributed by atoms with Gasteiger partial charge in [0, 0.05) is 18.7 Å². The highest BCUT2D eigenvalue weighted by atomic mass is 127. The first kappa shape index (κ1) is 25.9. The van der Waals surface area contributed by atoms with Crippen LogP contribution >= 0.6 is 24.0 Å². The Kier molecular flexibility index (Phi) is 11.4. The van der Waals surface area contributed by atoms with Crippen LogP contribution in [0.25, 0.3) is 0 Å². The van der Waals surface area contributed by atoms with Gasteiger partial charge in [0.2, 0.25) is 0 Å². The summed E-state index contributed by atoms with van der Waals surface area (Å²) in [4.78, 5) is 4.19. The number of hydrogen-bond acceptors (Lipinski definition) is 4. The average molecular weight is 547 g/mol. The Morgan fingerprint density at radius 2 is 1.87 bits per heavy atom. The van der Waals surface area contributed by atoms with E-state index in [-0.39, 0.29) is 41.2 Å². The van der Waals surface area contributed by atoms with Gasteiger partial charge in [-0.1, -0.05) is 43.0 Å². The molecule has 0 saturated heterocycles. The van der Waals surface area contributed by atoms with Crippen LogP contribution in [0.1, 0.15) is 12.5 Å². The van der Waals surface area contributed by atoms with Crippen LogP contribution in [0.3, 0.4) is 0 Å². The maximum Gasteiger partial charge on any atom is 0.191 e. The number of rotatable bonds is 10. The van der Waals surface area contributed by atoms with Gasteiger partial charge in [-0.2, -0.15) is 0 Å². The number of ether oxygens (including phenoxy) is 1. The molecule has 2 aromatic carbocycles. The fraction of sp³-hybridized carbons (Fsp3) is 0.286. The van der Waals surface area contributed by atoms with E-state index in [0.717, 1.165) is 11.6 Å². The van der Waals surface area contributed by atoms with E-state index < -0.39 is 15.7 Å². The largest absolute Gasteiger partial charge is 0.489 e. The topological polar surface area (TPSA) is 79.8 Å². The Balaban J connectivity index is 0.00000450. The smallest absolute Gasteiger partial charge is 0.191 e. The van der Waals surface area contributed by atoms with Crippen molar-refractivity contribution in [3.63, 3.8) is 0 Å². The summed E-state index contributed by atoms with van der Waals surface area (Å²) in [6.07, 6.45) is 1.67. The lowest BCUT2D eigenvalue weighted by atomic mass is 10.2. The maximum atomic E-state index is 13.8. The molecule has 2 N–H and O–H groups in total. The molecule has 0 bridgehead atoms. The normalized spacial score (nSPS) is 11.3. The summed E-state index contributed by atoms with van der Waals surface area (Å²) in [6.45, 7) is 7.00. The minimum Gasteiger partial charge on any atom is -0.489 e. The van der Waals surface area contributed by atoms with Crippen molar-refractivity contribution in [3.05, 3.63) is 72.6 Å². The second-order valence-corrected chi connectivity index (χ2v) is 8.16. The van der Waals surface area contributed by atoms with E-state index in [1.54, 1.807) is 6.08 Å². The molecule has 2 aromatic rings. The number of benzene rings is 2. The fourth-order valence-electron chi connectivity index (χ4n) is 2.54. The standard InChI is InChI=1S/C21H26FN3O3S.HI/c1-3-14-28-19-11-7-5-9-17(19)16-25-21(23-4-2)24-13-15-29(26,27)20-12-8-6-10-18(20)22;/h3,5-12H,1,4,13-16H2,2H3,(H2,23,24,25);1H. The van der Waals surface area contributed by atoms with Crippen LogP contribution in [0.4, 0.5) is 4.39 Å². The molecule has 0 aliphatic carbocycles. The fourth-order valence-corrected chi connectivity index (χ4v) is 3.78. The molecule has 0 unspecified atom stereocenters. The third kappa shape index (κ3) is 7.94. The molecule has 0 atom stereocenters. The predicted octanol–water partition coefficient (Wildman–Crippen LogP) is 3.54. The van der Waals surface area contributed by atoms with Gasteiger partial charge in [0.1, 0.15) is 23.1 Å². The van der Waals surface area contributed by atoms with Crippen LogP contribution < -0.4 is 15.4 Å². The molecule has 0 aliphatic rings. The Bertz CT molecular complexity index is 952. The molecule has 6 nitrogen and oxygen atoms in total. The number of para-hydroxylation sites is 1. The molecule has 2 rings (SSSR count). The molecule has 0 fully saturated rings. The zero-order valence-electron chi connectivity index (χ0n) is 16.8. The number of guanidine groups is 1. The van der Waals surface area contributed by atoms with Gasteiger partial charge in [-0.15, -0.1) is 24.0 Å². The van der Waals surface area contributed by atoms with Gasteiger partial charge in [-0.25, -0.2) is 17.8 Å². The van der Waals surface area contributed by atoms with Crippen LogP contribution in [-0.2, 0) is 16.4 Å². The van der Waals surface area contributed by atoms with Crippen LogP contribution in [0.2, 0.25) is 0 Å². The third-order valence-corrected chi connectivity index (χ3v) is 5.66. The van der Waals surface area contributed by atoms with Crippen LogP contribution in [-0.4, -0.2) is 39.8 Å². The van der Waals surface area contributed by atoms with Crippen LogP contribution in [0, 0.1) is 5.82 Å². The van der Waals surface area contributed by atoms with Crippen molar-refractivity contribution < 1.29 is 17.5 Å². The first-order valence-electron chi connectivity index (χ1n) is 9.29. The molecule has 0 heterocycles. The van der Waals surface area contributed by atoms with Crippen molar-refractivity contribution in [2.45, 2.75) is 18.4 Å². The third-order valence-electron chi connectivity index (χ3n) is 3.92. The van der Waals surface area contributed by atoms with Gasteiger partial charge >= 0.3 is 0 Å². The van der Waals surface area contributed by atoms with Crippen LogP contribution in [0.15, 0.2) is 71.1 Å². The molecular formula is C21H27FIN3O3S. The lowest BCUT2D eigenvalue weighted by molar-refractivity contribution is 0.359. The second-order valence-electron chi connectivity index (χ2n) is 6.08. The molecule has 0 aromatic heterocycles. The molecule has 30 heavy (non-hydrogen) atoms. The van der Waals surface area contributed by atoms with E-state index in [9.17, 15) is 12.8 Å². The molecule has 164 valence electrons. The lowest BCUT2D eigenvalue weighted by Gasteiger charge is -2.13. The molecule has 0 amide bonds. The van der Waals surface area contributed by atoms with Gasteiger partial charge < -0.3 is 15.4 Å². The lowest BCUT2D eigenvalue weighted by Crippen LogP contribution is -2.39. The summed E-state index contributed by atoms with van der Waals surface area (Å²) in [5.74, 6) is 0.185. The molecular weight excluding hydrogens is 520 g/mol. The van der Waals surface area contributed by atoms with Gasteiger partial charge in [0.25, 0.3) is 0 Å². The van der Waals surface area contributed by atoms with Crippen molar-refractivity contribution >= 4 is 39.8 Å². The minimum atomic E-state index is -3.74. The Labute approximate surface area is 194 Å². The van der Waals surface area contributed by atoms with Gasteiger partial charge in [0.05, 0.1) is 12.3 Å². The summed E-state index contributed by atoms with van der Waals surface area (Å²) in [7, 11) is -3.74. The predicted molar refractivity (Wildman–Crippen MR) is 129 cm³/mol. The van der Waals surface area contributed by atoms with E-state index in [1.807, 2.05) is 31.2 Å². The summed E-state index contributed by atoms with van der Waals surface area (Å²) >= 11 is 0. The summed E-state index contributed by atoms with van der Waals surface area (Å²) in [6, 6.07) is 12.9. The quantitative estimate of drug-likeness (QED) is 0.206. The number of aliphatic imine (C=N–C) groups is 1. The van der Waals surface area contributed by atoms with E-state index in [0.29, 0.717) is 31.4 Å². The zero-order chi connectivity index (χ0) is 21.1. The van der Waals surface area contributed by atoms with E-state index in [2.05, 4.69) is 22.2 Å². The SMILES string of the molecule is C=CCOc1ccccc1CN=C(NCC)NCCS(=O)(=O)c1ccccc1F.I. The molecule has 0 radical (unpaired) electrons. The van der Waals surface area contributed by atoms with Crippen molar-refractivity contribution in [2.24, 2.45) is 4.99 Å². The number of hydrogen-bond donors (Lipinski definition) is 2. The van der Waals surface area contributed by atoms with Gasteiger partial charge in [-0.05, 0) is 25.1 Å². The van der Waals surface area contributed by atoms with Crippen molar-refractivity contribution in [1.82, 2.24) is 10.6 Å². The minimum absolute atomic E-state index is 0. The molecule has 0 saturated carbocycles. The van der Waals surface area contributed by atoms with Crippen molar-refractivity contribution in [3.8, 4) is 5.75 Å². The average Bonchev–Trinajstić information content (AvgIpc) is 2.71. The number of nitrogens with one attached hydrogen (secondary N) is 2. The second kappa shape index (κ2) is 13.2. The summed E-state index contributed by atoms with van der Waals surface area (Å²) in [5.41, 5.74) is 0.894. The first-order valence-corrected chi connectivity index (χ1v) is 10.9. The molecule has 0 aliphatic heterocycles. The molecule has 0 spiro atoms. The van der Waals surface area contributed by atoms with Gasteiger partial charge in [-0.3, -0.25) is 0 Å². The monoisotopic (exact) mass is 547 g/mol. The Morgan fingerprint density at radius 3 is 2.57 bits per heavy atom. The Hall–Kier alpha value is -2.14. The maximum absolute atomic E-state index is 13.8. The highest BCUT2D eigenvalue weighted by molar-refractivity contribution is 14.0. The van der Waals surface area contributed by atoms with Crippen molar-refractivity contribution in [2.75, 3.05) is 25.4 Å². The number of halogens is 2. The van der Waals surface area contributed by atoms with Crippen LogP contribution in [0.5, 0.6) is 5.75 Å². The summed E-state index contributed by atoms with van der Waals surface area (Å²) in [5, 5.41) is 6.05. The van der Waals surface area contributed by atoms with Crippen molar-refractivity contribution in [1.29, 1.82) is 0 Å². The van der Waals surface area contributed by atoms with E-state index >= 15 is 0 Å². The highest BCUT2D eigenvalue weighted by Crippen LogP contribution is 2.19. The van der Waals surface area contributed by atoms with E-state index in [1.165, 1.54) is 18.2 Å². The number of sulfone groups is 1.